The second kappa shape index (κ2) is 9.50. The Morgan fingerprint density at radius 2 is 1.71 bits per heavy atom. The number of aromatic nitrogens is 1. The maximum absolute atomic E-state index is 12.5. The van der Waals surface area contributed by atoms with Crippen LogP contribution in [0.25, 0.3) is 21.8 Å². The van der Waals surface area contributed by atoms with E-state index in [1.165, 1.54) is 6.92 Å². The second-order valence-corrected chi connectivity index (χ2v) is 9.05. The lowest BCUT2D eigenvalue weighted by molar-refractivity contribution is -0.111. The normalized spacial score (nSPS) is 14.7. The van der Waals surface area contributed by atoms with E-state index in [0.717, 1.165) is 47.1 Å². The molecule has 35 heavy (non-hydrogen) atoms. The smallest absolute Gasteiger partial charge is 0.196 e. The number of fused-ring (bicyclic) bond motifs is 3. The number of phenols is 1. The van der Waals surface area contributed by atoms with Crippen LogP contribution >= 0.6 is 11.6 Å². The van der Waals surface area contributed by atoms with Gasteiger partial charge in [-0.3, -0.25) is 10.2 Å². The molecule has 0 bridgehead atoms. The molecule has 1 aliphatic heterocycles. The maximum Gasteiger partial charge on any atom is 0.196 e. The summed E-state index contributed by atoms with van der Waals surface area (Å²) in [6.45, 7) is 7.33. The zero-order chi connectivity index (χ0) is 24.5. The van der Waals surface area contributed by atoms with Gasteiger partial charge in [0.15, 0.2) is 11.6 Å². The third-order valence-corrected chi connectivity index (χ3v) is 6.97. The summed E-state index contributed by atoms with van der Waals surface area (Å²) in [6, 6.07) is 19.4. The zero-order valence-corrected chi connectivity index (χ0v) is 20.6. The van der Waals surface area contributed by atoms with Crippen molar-refractivity contribution in [3.8, 4) is 5.75 Å². The molecule has 1 saturated heterocycles. The van der Waals surface area contributed by atoms with E-state index in [1.807, 2.05) is 41.3 Å². The quantitative estimate of drug-likeness (QED) is 0.226. The number of aromatic hydroxyl groups is 1. The number of nitrogens with zero attached hydrogens (tertiary/aromatic N) is 4. The number of hydrogen-bond donors (Lipinski definition) is 2. The van der Waals surface area contributed by atoms with Crippen molar-refractivity contribution >= 4 is 56.4 Å². The van der Waals surface area contributed by atoms with E-state index in [9.17, 15) is 9.90 Å². The first-order chi connectivity index (χ1) is 17.0. The average Bonchev–Trinajstić information content (AvgIpc) is 3.20. The molecular formula is C27H28ClN5O2. The minimum absolute atomic E-state index is 0.102. The monoisotopic (exact) mass is 489 g/mol. The molecule has 0 amide bonds. The van der Waals surface area contributed by atoms with E-state index in [4.69, 9.17) is 11.6 Å². The maximum atomic E-state index is 12.5. The number of halogens is 1. The predicted octanol–water partition coefficient (Wildman–Crippen LogP) is 5.31. The molecule has 3 aromatic carbocycles. The van der Waals surface area contributed by atoms with Gasteiger partial charge < -0.3 is 19.5 Å². The summed E-state index contributed by atoms with van der Waals surface area (Å²) >= 11 is 6.87. The molecule has 2 heterocycles. The van der Waals surface area contributed by atoms with Crippen molar-refractivity contribution < 1.29 is 9.90 Å². The molecule has 4 aromatic rings. The van der Waals surface area contributed by atoms with Gasteiger partial charge in [-0.1, -0.05) is 29.8 Å². The SMILES string of the molecule is CCn1c2ccccc2c2c(Cl)c(N/N=C(\C(C)=O)N3CCN(c4ccc(O)cc4)CC3)ccc21. The molecule has 0 radical (unpaired) electrons. The number of Topliss-reactive ketones (excluding diaryl/α,β-unsaturated/α-hetero) is 1. The Morgan fingerprint density at radius 3 is 2.40 bits per heavy atom. The Kier molecular flexibility index (Phi) is 6.26. The summed E-state index contributed by atoms with van der Waals surface area (Å²) in [5.41, 5.74) is 7.00. The van der Waals surface area contributed by atoms with Crippen molar-refractivity contribution in [2.45, 2.75) is 20.4 Å². The molecule has 0 spiro atoms. The Morgan fingerprint density at radius 1 is 1.00 bits per heavy atom. The number of carbonyl (C=O) groups is 1. The largest absolute Gasteiger partial charge is 0.508 e. The number of para-hydroxylation sites is 1. The third kappa shape index (κ3) is 4.28. The fraction of sp³-hybridized carbons (Fsp3) is 0.259. The summed E-state index contributed by atoms with van der Waals surface area (Å²) in [7, 11) is 0. The second-order valence-electron chi connectivity index (χ2n) is 8.68. The first-order valence-corrected chi connectivity index (χ1v) is 12.2. The van der Waals surface area contributed by atoms with Crippen LogP contribution in [-0.2, 0) is 11.3 Å². The highest BCUT2D eigenvalue weighted by atomic mass is 35.5. The number of phenolic OH excluding ortho intramolecular Hbond substituents is 1. The topological polar surface area (TPSA) is 73.1 Å². The third-order valence-electron chi connectivity index (χ3n) is 6.58. The lowest BCUT2D eigenvalue weighted by Gasteiger charge is -2.37. The van der Waals surface area contributed by atoms with Crippen LogP contribution in [-0.4, -0.2) is 52.4 Å². The van der Waals surface area contributed by atoms with Crippen LogP contribution in [0.3, 0.4) is 0 Å². The van der Waals surface area contributed by atoms with Gasteiger partial charge in [0.2, 0.25) is 0 Å². The number of rotatable bonds is 5. The van der Waals surface area contributed by atoms with Gasteiger partial charge in [0.25, 0.3) is 0 Å². The van der Waals surface area contributed by atoms with Gasteiger partial charge >= 0.3 is 0 Å². The Hall–Kier alpha value is -3.71. The van der Waals surface area contributed by atoms with Crippen molar-refractivity contribution in [1.29, 1.82) is 0 Å². The molecule has 1 aliphatic rings. The van der Waals surface area contributed by atoms with Gasteiger partial charge in [0.05, 0.1) is 16.2 Å². The van der Waals surface area contributed by atoms with Crippen LogP contribution in [0.5, 0.6) is 5.75 Å². The van der Waals surface area contributed by atoms with Crippen LogP contribution in [0.1, 0.15) is 13.8 Å². The molecule has 1 fully saturated rings. The number of anilines is 2. The first kappa shape index (κ1) is 23.1. The van der Waals surface area contributed by atoms with Crippen molar-refractivity contribution in [3.05, 3.63) is 65.7 Å². The fourth-order valence-corrected chi connectivity index (χ4v) is 5.15. The standard InChI is InChI=1S/C27H28ClN5O2/c1-3-33-23-7-5-4-6-21(23)25-24(33)13-12-22(26(25)28)29-30-27(18(2)34)32-16-14-31(15-17-32)19-8-10-20(35)11-9-19/h4-13,29,35H,3,14-17H2,1-2H3/b30-27+. The van der Waals surface area contributed by atoms with Gasteiger partial charge in [-0.2, -0.15) is 5.10 Å². The van der Waals surface area contributed by atoms with E-state index in [-0.39, 0.29) is 11.5 Å². The van der Waals surface area contributed by atoms with Gasteiger partial charge in [0.1, 0.15) is 5.75 Å². The van der Waals surface area contributed by atoms with Gasteiger partial charge in [0, 0.05) is 61.6 Å². The van der Waals surface area contributed by atoms with Crippen LogP contribution in [0, 0.1) is 0 Å². The molecule has 0 atom stereocenters. The summed E-state index contributed by atoms with van der Waals surface area (Å²) in [5.74, 6) is 0.540. The molecule has 8 heteroatoms. The summed E-state index contributed by atoms with van der Waals surface area (Å²) < 4.78 is 2.25. The number of aryl methyl sites for hydroxylation is 1. The predicted molar refractivity (Wildman–Crippen MR) is 144 cm³/mol. The average molecular weight is 490 g/mol. The molecule has 7 nitrogen and oxygen atoms in total. The fourth-order valence-electron chi connectivity index (χ4n) is 4.85. The summed E-state index contributed by atoms with van der Waals surface area (Å²) in [6.07, 6.45) is 0. The highest BCUT2D eigenvalue weighted by molar-refractivity contribution is 6.41. The van der Waals surface area contributed by atoms with E-state index in [1.54, 1.807) is 12.1 Å². The number of carbonyl (C=O) groups excluding carboxylic acids is 1. The highest BCUT2D eigenvalue weighted by Gasteiger charge is 2.23. The first-order valence-electron chi connectivity index (χ1n) is 11.8. The van der Waals surface area contributed by atoms with Crippen LogP contribution in [0.4, 0.5) is 11.4 Å². The van der Waals surface area contributed by atoms with Crippen molar-refractivity contribution in [2.24, 2.45) is 5.10 Å². The van der Waals surface area contributed by atoms with E-state index < -0.39 is 0 Å². The van der Waals surface area contributed by atoms with Crippen molar-refractivity contribution in [1.82, 2.24) is 9.47 Å². The van der Waals surface area contributed by atoms with Gasteiger partial charge in [-0.25, -0.2) is 0 Å². The molecular weight excluding hydrogens is 462 g/mol. The number of nitrogens with one attached hydrogen (secondary N) is 1. The van der Waals surface area contributed by atoms with E-state index in [0.29, 0.717) is 29.6 Å². The number of hydrogen-bond acceptors (Lipinski definition) is 5. The number of hydrazone groups is 1. The molecule has 2 N–H and O–H groups in total. The van der Waals surface area contributed by atoms with E-state index >= 15 is 0 Å². The minimum Gasteiger partial charge on any atom is -0.508 e. The number of benzene rings is 3. The van der Waals surface area contributed by atoms with E-state index in [2.05, 4.69) is 39.1 Å². The highest BCUT2D eigenvalue weighted by Crippen LogP contribution is 2.38. The zero-order valence-electron chi connectivity index (χ0n) is 19.8. The molecule has 0 aliphatic carbocycles. The van der Waals surface area contributed by atoms with Crippen LogP contribution < -0.4 is 10.3 Å². The van der Waals surface area contributed by atoms with Crippen molar-refractivity contribution in [3.63, 3.8) is 0 Å². The van der Waals surface area contributed by atoms with Crippen LogP contribution in [0.15, 0.2) is 65.8 Å². The lowest BCUT2D eigenvalue weighted by Crippen LogP contribution is -2.50. The minimum atomic E-state index is -0.102. The molecule has 0 saturated carbocycles. The Balaban J connectivity index is 1.39. The molecule has 0 unspecified atom stereocenters. The Bertz CT molecular complexity index is 1420. The lowest BCUT2D eigenvalue weighted by atomic mass is 10.1. The van der Waals surface area contributed by atoms with Crippen LogP contribution in [0.2, 0.25) is 5.02 Å². The Labute approximate surface area is 209 Å². The molecule has 1 aromatic heterocycles. The number of piperazine rings is 1. The van der Waals surface area contributed by atoms with Crippen molar-refractivity contribution in [2.75, 3.05) is 36.5 Å². The van der Waals surface area contributed by atoms with Gasteiger partial charge in [-0.15, -0.1) is 0 Å². The number of amidine groups is 1. The van der Waals surface area contributed by atoms with Gasteiger partial charge in [-0.05, 0) is 49.4 Å². The summed E-state index contributed by atoms with van der Waals surface area (Å²) in [4.78, 5) is 16.7. The molecule has 5 rings (SSSR count). The summed E-state index contributed by atoms with van der Waals surface area (Å²) in [5, 5.41) is 16.7. The number of ketones is 1. The molecule has 180 valence electrons.